The van der Waals surface area contributed by atoms with Gasteiger partial charge in [0.1, 0.15) is 0 Å². The monoisotopic (exact) mass is 354 g/mol. The zero-order chi connectivity index (χ0) is 18.4. The lowest BCUT2D eigenvalue weighted by molar-refractivity contribution is -0.124. The van der Waals surface area contributed by atoms with E-state index >= 15 is 0 Å². The van der Waals surface area contributed by atoms with Gasteiger partial charge in [0.25, 0.3) is 5.91 Å². The number of carbonyl (C=O) groups excluding carboxylic acids is 2. The number of carbonyl (C=O) groups is 2. The Kier molecular flexibility index (Phi) is 5.80. The molecule has 136 valence electrons. The number of hydrogen-bond donors (Lipinski definition) is 2. The average Bonchev–Trinajstić information content (AvgIpc) is 2.64. The molecule has 0 bridgehead atoms. The number of nitrogens with zero attached hydrogens (tertiary/aromatic N) is 2. The Balaban J connectivity index is 1.63. The van der Waals surface area contributed by atoms with Crippen LogP contribution in [0.3, 0.4) is 0 Å². The van der Waals surface area contributed by atoms with Gasteiger partial charge in [-0.3, -0.25) is 14.5 Å². The molecule has 2 aromatic rings. The number of anilines is 1. The number of hydrogen-bond acceptors (Lipinski definition) is 5. The third-order valence-corrected chi connectivity index (χ3v) is 4.04. The molecule has 7 nitrogen and oxygen atoms in total. The molecule has 0 aliphatic carbocycles. The van der Waals surface area contributed by atoms with Crippen molar-refractivity contribution in [2.24, 2.45) is 0 Å². The molecule has 1 aliphatic heterocycles. The Morgan fingerprint density at radius 1 is 1.31 bits per heavy atom. The van der Waals surface area contributed by atoms with Crippen LogP contribution in [-0.4, -0.2) is 47.9 Å². The maximum atomic E-state index is 12.4. The van der Waals surface area contributed by atoms with Gasteiger partial charge in [0.2, 0.25) is 5.91 Å². The normalized spacial score (nSPS) is 14.6. The molecular weight excluding hydrogens is 332 g/mol. The lowest BCUT2D eigenvalue weighted by Gasteiger charge is -2.26. The van der Waals surface area contributed by atoms with Crippen molar-refractivity contribution in [1.29, 1.82) is 0 Å². The topological polar surface area (TPSA) is 83.6 Å². The van der Waals surface area contributed by atoms with E-state index in [1.54, 1.807) is 30.5 Å². The first-order chi connectivity index (χ1) is 12.7. The highest BCUT2D eigenvalue weighted by Crippen LogP contribution is 2.21. The quantitative estimate of drug-likeness (QED) is 0.824. The Labute approximate surface area is 152 Å². The molecule has 2 heterocycles. The molecule has 26 heavy (non-hydrogen) atoms. The van der Waals surface area contributed by atoms with Crippen LogP contribution in [-0.2, 0) is 11.3 Å². The minimum absolute atomic E-state index is 0.0488. The standard InChI is InChI=1S/C19H22N4O3/c1-2-26-16-4-3-9-21-18(16)22-19(25)15-7-5-14(6-8-15)12-23-11-10-20-17(24)13-23/h3-9H,2,10-13H2,1H3,(H,20,24)(H,21,22,25). The second kappa shape index (κ2) is 8.44. The molecule has 0 saturated carbocycles. The number of rotatable bonds is 6. The van der Waals surface area contributed by atoms with Gasteiger partial charge >= 0.3 is 0 Å². The maximum absolute atomic E-state index is 12.4. The second-order valence-corrected chi connectivity index (χ2v) is 5.99. The second-order valence-electron chi connectivity index (χ2n) is 5.99. The van der Waals surface area contributed by atoms with E-state index in [4.69, 9.17) is 4.74 Å². The zero-order valence-corrected chi connectivity index (χ0v) is 14.7. The number of nitrogens with one attached hydrogen (secondary N) is 2. The van der Waals surface area contributed by atoms with Gasteiger partial charge in [-0.25, -0.2) is 4.98 Å². The van der Waals surface area contributed by atoms with Gasteiger partial charge in [-0.2, -0.15) is 0 Å². The summed E-state index contributed by atoms with van der Waals surface area (Å²) in [6.45, 7) is 4.96. The average molecular weight is 354 g/mol. The summed E-state index contributed by atoms with van der Waals surface area (Å²) in [4.78, 5) is 30.1. The fourth-order valence-electron chi connectivity index (χ4n) is 2.78. The summed E-state index contributed by atoms with van der Waals surface area (Å²) >= 11 is 0. The Morgan fingerprint density at radius 3 is 2.85 bits per heavy atom. The Morgan fingerprint density at radius 2 is 2.12 bits per heavy atom. The third-order valence-electron chi connectivity index (χ3n) is 4.04. The fourth-order valence-corrected chi connectivity index (χ4v) is 2.78. The summed E-state index contributed by atoms with van der Waals surface area (Å²) in [6, 6.07) is 10.9. The molecule has 0 unspecified atom stereocenters. The van der Waals surface area contributed by atoms with Crippen molar-refractivity contribution < 1.29 is 14.3 Å². The van der Waals surface area contributed by atoms with Gasteiger partial charge in [-0.1, -0.05) is 12.1 Å². The molecule has 2 amide bonds. The number of pyridine rings is 1. The van der Waals surface area contributed by atoms with Crippen molar-refractivity contribution >= 4 is 17.6 Å². The number of ether oxygens (including phenoxy) is 1. The van der Waals surface area contributed by atoms with Gasteiger partial charge in [0.15, 0.2) is 11.6 Å². The molecule has 0 atom stereocenters. The van der Waals surface area contributed by atoms with Crippen LogP contribution in [0.1, 0.15) is 22.8 Å². The highest BCUT2D eigenvalue weighted by molar-refractivity contribution is 6.04. The van der Waals surface area contributed by atoms with E-state index in [0.717, 1.165) is 12.1 Å². The van der Waals surface area contributed by atoms with Crippen molar-refractivity contribution in [3.8, 4) is 5.75 Å². The minimum atomic E-state index is -0.242. The molecule has 1 aliphatic rings. The van der Waals surface area contributed by atoms with Crippen LogP contribution in [0.5, 0.6) is 5.75 Å². The van der Waals surface area contributed by atoms with Crippen molar-refractivity contribution in [2.75, 3.05) is 31.6 Å². The SMILES string of the molecule is CCOc1cccnc1NC(=O)c1ccc(CN2CCNC(=O)C2)cc1. The summed E-state index contributed by atoms with van der Waals surface area (Å²) in [7, 11) is 0. The molecular formula is C19H22N4O3. The number of aromatic nitrogens is 1. The van der Waals surface area contributed by atoms with Crippen molar-refractivity contribution in [1.82, 2.24) is 15.2 Å². The molecule has 1 saturated heterocycles. The summed E-state index contributed by atoms with van der Waals surface area (Å²) in [5, 5.41) is 5.59. The lowest BCUT2D eigenvalue weighted by atomic mass is 10.1. The number of piperazine rings is 1. The largest absolute Gasteiger partial charge is 0.490 e. The maximum Gasteiger partial charge on any atom is 0.256 e. The van der Waals surface area contributed by atoms with Crippen LogP contribution in [0.25, 0.3) is 0 Å². The summed E-state index contributed by atoms with van der Waals surface area (Å²) < 4.78 is 5.47. The highest BCUT2D eigenvalue weighted by atomic mass is 16.5. The molecule has 1 aromatic carbocycles. The van der Waals surface area contributed by atoms with E-state index in [-0.39, 0.29) is 11.8 Å². The van der Waals surface area contributed by atoms with Crippen LogP contribution in [0.15, 0.2) is 42.6 Å². The van der Waals surface area contributed by atoms with Crippen LogP contribution in [0, 0.1) is 0 Å². The molecule has 3 rings (SSSR count). The smallest absolute Gasteiger partial charge is 0.256 e. The summed E-state index contributed by atoms with van der Waals surface area (Å²) in [5.74, 6) is 0.757. The Hall–Kier alpha value is -2.93. The van der Waals surface area contributed by atoms with Crippen LogP contribution >= 0.6 is 0 Å². The molecule has 0 radical (unpaired) electrons. The van der Waals surface area contributed by atoms with E-state index in [2.05, 4.69) is 20.5 Å². The van der Waals surface area contributed by atoms with E-state index < -0.39 is 0 Å². The highest BCUT2D eigenvalue weighted by Gasteiger charge is 2.16. The number of amides is 2. The van der Waals surface area contributed by atoms with Gasteiger partial charge < -0.3 is 15.4 Å². The van der Waals surface area contributed by atoms with Crippen LogP contribution in [0.2, 0.25) is 0 Å². The van der Waals surface area contributed by atoms with Crippen molar-refractivity contribution in [3.05, 3.63) is 53.7 Å². The fraction of sp³-hybridized carbons (Fsp3) is 0.316. The first-order valence-corrected chi connectivity index (χ1v) is 8.63. The Bertz CT molecular complexity index is 777. The predicted molar refractivity (Wildman–Crippen MR) is 98.1 cm³/mol. The number of benzene rings is 1. The van der Waals surface area contributed by atoms with Crippen molar-refractivity contribution in [2.45, 2.75) is 13.5 Å². The summed E-state index contributed by atoms with van der Waals surface area (Å²) in [5.41, 5.74) is 1.60. The van der Waals surface area contributed by atoms with E-state index in [1.165, 1.54) is 0 Å². The van der Waals surface area contributed by atoms with E-state index in [9.17, 15) is 9.59 Å². The van der Waals surface area contributed by atoms with Crippen LogP contribution in [0.4, 0.5) is 5.82 Å². The first-order valence-electron chi connectivity index (χ1n) is 8.63. The van der Waals surface area contributed by atoms with E-state index in [1.807, 2.05) is 19.1 Å². The summed E-state index contributed by atoms with van der Waals surface area (Å²) in [6.07, 6.45) is 1.61. The molecule has 1 fully saturated rings. The zero-order valence-electron chi connectivity index (χ0n) is 14.7. The van der Waals surface area contributed by atoms with Gasteiger partial charge in [-0.15, -0.1) is 0 Å². The van der Waals surface area contributed by atoms with Gasteiger partial charge in [-0.05, 0) is 36.8 Å². The predicted octanol–water partition coefficient (Wildman–Crippen LogP) is 1.66. The molecule has 1 aromatic heterocycles. The van der Waals surface area contributed by atoms with Gasteiger partial charge in [0.05, 0.1) is 13.2 Å². The van der Waals surface area contributed by atoms with Crippen LogP contribution < -0.4 is 15.4 Å². The third kappa shape index (κ3) is 4.58. The molecule has 2 N–H and O–H groups in total. The minimum Gasteiger partial charge on any atom is -0.490 e. The van der Waals surface area contributed by atoms with Crippen molar-refractivity contribution in [3.63, 3.8) is 0 Å². The van der Waals surface area contributed by atoms with Gasteiger partial charge in [0, 0.05) is 31.4 Å². The molecule has 7 heteroatoms. The van der Waals surface area contributed by atoms with E-state index in [0.29, 0.717) is 43.4 Å². The molecule has 0 spiro atoms. The first kappa shape index (κ1) is 17.9. The lowest BCUT2D eigenvalue weighted by Crippen LogP contribution is -2.47.